The third-order valence-corrected chi connectivity index (χ3v) is 4.32. The molecule has 0 aromatic carbocycles. The Bertz CT molecular complexity index is 357. The lowest BCUT2D eigenvalue weighted by Crippen LogP contribution is -2.48. The molecule has 7 nitrogen and oxygen atoms in total. The van der Waals surface area contributed by atoms with Gasteiger partial charge in [0, 0.05) is 33.2 Å². The number of amides is 1. The van der Waals surface area contributed by atoms with Crippen molar-refractivity contribution in [3.8, 4) is 0 Å². The fourth-order valence-electron chi connectivity index (χ4n) is 1.84. The lowest BCUT2D eigenvalue weighted by molar-refractivity contribution is -0.126. The quantitative estimate of drug-likeness (QED) is 0.547. The summed E-state index contributed by atoms with van der Waals surface area (Å²) in [6.07, 6.45) is 1.41. The summed E-state index contributed by atoms with van der Waals surface area (Å²) >= 11 is 0. The van der Waals surface area contributed by atoms with E-state index < -0.39 is 10.2 Å². The fraction of sp³-hybridized carbons (Fsp3) is 0.889. The van der Waals surface area contributed by atoms with Crippen molar-refractivity contribution in [2.45, 2.75) is 12.8 Å². The molecule has 0 aliphatic carbocycles. The van der Waals surface area contributed by atoms with Gasteiger partial charge in [-0.15, -0.1) is 0 Å². The van der Waals surface area contributed by atoms with Crippen molar-refractivity contribution < 1.29 is 13.2 Å². The molecular weight excluding hydrogens is 244 g/mol. The Hall–Kier alpha value is -0.700. The van der Waals surface area contributed by atoms with E-state index >= 15 is 0 Å². The molecule has 1 saturated heterocycles. The highest BCUT2D eigenvalue weighted by Crippen LogP contribution is 2.18. The molecule has 1 amide bonds. The Morgan fingerprint density at radius 3 is 2.82 bits per heavy atom. The number of carbonyl (C=O) groups excluding carboxylic acids is 1. The first-order valence-corrected chi connectivity index (χ1v) is 7.11. The molecule has 0 aromatic heterocycles. The summed E-state index contributed by atoms with van der Waals surface area (Å²) in [7, 11) is -2.06. The lowest BCUT2D eigenvalue weighted by atomic mass is 9.99. The zero-order chi connectivity index (χ0) is 12.9. The van der Waals surface area contributed by atoms with Crippen molar-refractivity contribution >= 4 is 16.1 Å². The van der Waals surface area contributed by atoms with E-state index in [4.69, 9.17) is 5.73 Å². The van der Waals surface area contributed by atoms with Crippen LogP contribution in [0.15, 0.2) is 0 Å². The van der Waals surface area contributed by atoms with E-state index in [2.05, 4.69) is 10.0 Å². The van der Waals surface area contributed by atoms with E-state index in [1.807, 2.05) is 0 Å². The van der Waals surface area contributed by atoms with Gasteiger partial charge in [-0.1, -0.05) is 0 Å². The molecule has 0 radical (unpaired) electrons. The van der Waals surface area contributed by atoms with E-state index in [-0.39, 0.29) is 18.4 Å². The van der Waals surface area contributed by atoms with E-state index in [0.717, 1.165) is 0 Å². The second-order valence-corrected chi connectivity index (χ2v) is 5.86. The SMILES string of the molecule is CNS(=O)(=O)N1CCCC(C(=O)NCCN)C1. The molecule has 1 atom stereocenters. The van der Waals surface area contributed by atoms with Gasteiger partial charge in [0.15, 0.2) is 0 Å². The largest absolute Gasteiger partial charge is 0.355 e. The number of carbonyl (C=O) groups is 1. The van der Waals surface area contributed by atoms with Crippen LogP contribution in [0.1, 0.15) is 12.8 Å². The Morgan fingerprint density at radius 1 is 1.53 bits per heavy atom. The summed E-state index contributed by atoms with van der Waals surface area (Å²) in [5, 5.41) is 2.69. The number of nitrogens with two attached hydrogens (primary N) is 1. The van der Waals surface area contributed by atoms with Crippen molar-refractivity contribution in [1.82, 2.24) is 14.3 Å². The van der Waals surface area contributed by atoms with Crippen LogP contribution < -0.4 is 15.8 Å². The molecular formula is C9H20N4O3S. The Morgan fingerprint density at radius 2 is 2.24 bits per heavy atom. The number of hydrogen-bond donors (Lipinski definition) is 3. The molecule has 0 saturated carbocycles. The summed E-state index contributed by atoms with van der Waals surface area (Å²) < 4.78 is 26.8. The molecule has 1 fully saturated rings. The molecule has 1 aliphatic rings. The number of hydrogen-bond acceptors (Lipinski definition) is 4. The molecule has 1 rings (SSSR count). The van der Waals surface area contributed by atoms with Crippen LogP contribution in [0.4, 0.5) is 0 Å². The summed E-state index contributed by atoms with van der Waals surface area (Å²) in [5.74, 6) is -0.398. The van der Waals surface area contributed by atoms with Crippen LogP contribution in [0.2, 0.25) is 0 Å². The van der Waals surface area contributed by atoms with E-state index in [9.17, 15) is 13.2 Å². The average Bonchev–Trinajstić information content (AvgIpc) is 2.36. The summed E-state index contributed by atoms with van der Waals surface area (Å²) in [5.41, 5.74) is 5.29. The van der Waals surface area contributed by atoms with Crippen LogP contribution in [-0.2, 0) is 15.0 Å². The molecule has 0 bridgehead atoms. The zero-order valence-electron chi connectivity index (χ0n) is 9.98. The van der Waals surface area contributed by atoms with Crippen molar-refractivity contribution in [3.05, 3.63) is 0 Å². The predicted molar refractivity (Wildman–Crippen MR) is 64.3 cm³/mol. The first kappa shape index (κ1) is 14.4. The minimum Gasteiger partial charge on any atom is -0.355 e. The summed E-state index contributed by atoms with van der Waals surface area (Å²) in [4.78, 5) is 11.7. The number of rotatable bonds is 5. The molecule has 1 aliphatic heterocycles. The minimum atomic E-state index is -3.43. The van der Waals surface area contributed by atoms with E-state index in [1.165, 1.54) is 11.4 Å². The summed E-state index contributed by atoms with van der Waals surface area (Å²) in [6, 6.07) is 0. The Kier molecular flexibility index (Phi) is 5.31. The highest BCUT2D eigenvalue weighted by molar-refractivity contribution is 7.87. The molecule has 17 heavy (non-hydrogen) atoms. The van der Waals surface area contributed by atoms with Crippen LogP contribution in [0.25, 0.3) is 0 Å². The van der Waals surface area contributed by atoms with Gasteiger partial charge in [-0.25, -0.2) is 4.72 Å². The van der Waals surface area contributed by atoms with Gasteiger partial charge in [-0.3, -0.25) is 4.79 Å². The standard InChI is InChI=1S/C9H20N4O3S/c1-11-17(15,16)13-6-2-3-8(7-13)9(14)12-5-4-10/h8,11H,2-7,10H2,1H3,(H,12,14). The first-order chi connectivity index (χ1) is 8.01. The van der Waals surface area contributed by atoms with E-state index in [0.29, 0.717) is 32.5 Å². The van der Waals surface area contributed by atoms with Crippen molar-refractivity contribution in [1.29, 1.82) is 0 Å². The van der Waals surface area contributed by atoms with Crippen LogP contribution in [0.5, 0.6) is 0 Å². The van der Waals surface area contributed by atoms with Crippen LogP contribution >= 0.6 is 0 Å². The van der Waals surface area contributed by atoms with Gasteiger partial charge in [0.1, 0.15) is 0 Å². The van der Waals surface area contributed by atoms with Gasteiger partial charge in [0.25, 0.3) is 10.2 Å². The highest BCUT2D eigenvalue weighted by Gasteiger charge is 2.31. The van der Waals surface area contributed by atoms with Gasteiger partial charge in [0.05, 0.1) is 5.92 Å². The van der Waals surface area contributed by atoms with Gasteiger partial charge < -0.3 is 11.1 Å². The van der Waals surface area contributed by atoms with Crippen molar-refractivity contribution in [3.63, 3.8) is 0 Å². The van der Waals surface area contributed by atoms with Crippen LogP contribution in [-0.4, -0.2) is 51.9 Å². The lowest BCUT2D eigenvalue weighted by Gasteiger charge is -2.30. The smallest absolute Gasteiger partial charge is 0.279 e. The Labute approximate surface area is 102 Å². The van der Waals surface area contributed by atoms with Crippen LogP contribution in [0.3, 0.4) is 0 Å². The minimum absolute atomic E-state index is 0.119. The molecule has 4 N–H and O–H groups in total. The van der Waals surface area contributed by atoms with Gasteiger partial charge >= 0.3 is 0 Å². The molecule has 1 unspecified atom stereocenters. The van der Waals surface area contributed by atoms with E-state index in [1.54, 1.807) is 0 Å². The Balaban J connectivity index is 2.58. The zero-order valence-corrected chi connectivity index (χ0v) is 10.8. The van der Waals surface area contributed by atoms with Gasteiger partial charge in [0.2, 0.25) is 5.91 Å². The molecule has 100 valence electrons. The molecule has 8 heteroatoms. The van der Waals surface area contributed by atoms with Gasteiger partial charge in [-0.05, 0) is 12.8 Å². The monoisotopic (exact) mass is 264 g/mol. The second-order valence-electron chi connectivity index (χ2n) is 3.99. The predicted octanol–water partition coefficient (Wildman–Crippen LogP) is -1.76. The topological polar surface area (TPSA) is 105 Å². The van der Waals surface area contributed by atoms with Crippen molar-refractivity contribution in [2.75, 3.05) is 33.2 Å². The number of nitrogens with one attached hydrogen (secondary N) is 2. The first-order valence-electron chi connectivity index (χ1n) is 5.67. The third-order valence-electron chi connectivity index (χ3n) is 2.80. The number of piperidine rings is 1. The third kappa shape index (κ3) is 3.91. The maximum absolute atomic E-state index is 11.7. The average molecular weight is 264 g/mol. The maximum atomic E-state index is 11.7. The fourth-order valence-corrected chi connectivity index (χ4v) is 2.85. The molecule has 0 aromatic rings. The van der Waals surface area contributed by atoms with Crippen LogP contribution in [0, 0.1) is 5.92 Å². The molecule has 0 spiro atoms. The number of nitrogens with zero attached hydrogens (tertiary/aromatic N) is 1. The highest BCUT2D eigenvalue weighted by atomic mass is 32.2. The second kappa shape index (κ2) is 6.29. The normalized spacial score (nSPS) is 22.4. The van der Waals surface area contributed by atoms with Gasteiger partial charge in [-0.2, -0.15) is 12.7 Å². The summed E-state index contributed by atoms with van der Waals surface area (Å²) in [6.45, 7) is 1.51. The molecule has 1 heterocycles. The van der Waals surface area contributed by atoms with Crippen molar-refractivity contribution in [2.24, 2.45) is 11.7 Å². The maximum Gasteiger partial charge on any atom is 0.279 e.